The van der Waals surface area contributed by atoms with Crippen LogP contribution in [0.25, 0.3) is 0 Å². The van der Waals surface area contributed by atoms with Gasteiger partial charge in [-0.05, 0) is 147 Å². The molecule has 0 spiro atoms. The van der Waals surface area contributed by atoms with Crippen LogP contribution < -0.4 is 9.80 Å². The van der Waals surface area contributed by atoms with E-state index in [4.69, 9.17) is 29.5 Å². The number of hydrogen-bond acceptors (Lipinski definition) is 11. The summed E-state index contributed by atoms with van der Waals surface area (Å²) in [5, 5.41) is 6.52. The van der Waals surface area contributed by atoms with E-state index >= 15 is 0 Å². The minimum Gasteiger partial charge on any atom is -0.338 e. The summed E-state index contributed by atoms with van der Waals surface area (Å²) in [6.07, 6.45) is 10.8. The molecule has 0 atom stereocenters. The Kier molecular flexibility index (Phi) is 15.5. The lowest BCUT2D eigenvalue weighted by molar-refractivity contribution is -0.270. The number of unbranched alkanes of at least 4 members (excludes halogenated alkanes) is 2. The second-order valence-electron chi connectivity index (χ2n) is 20.5. The molecule has 11 heteroatoms. The lowest BCUT2D eigenvalue weighted by atomic mass is 9.76. The van der Waals surface area contributed by atoms with Gasteiger partial charge in [0.15, 0.2) is 0 Å². The lowest BCUT2D eigenvalue weighted by Crippen LogP contribution is -2.64. The van der Waals surface area contributed by atoms with Crippen LogP contribution in [-0.4, -0.2) is 110 Å². The van der Waals surface area contributed by atoms with Gasteiger partial charge in [-0.2, -0.15) is 30.1 Å². The maximum atomic E-state index is 5.91. The molecule has 314 valence electrons. The van der Waals surface area contributed by atoms with Gasteiger partial charge in [-0.25, -0.2) is 0 Å². The van der Waals surface area contributed by atoms with E-state index in [1.807, 2.05) is 6.92 Å². The molecule has 3 fully saturated rings. The summed E-state index contributed by atoms with van der Waals surface area (Å²) in [7, 11) is 5.37. The van der Waals surface area contributed by atoms with Crippen molar-refractivity contribution in [2.45, 2.75) is 220 Å². The Morgan fingerprint density at radius 1 is 0.519 bits per heavy atom. The minimum atomic E-state index is -0.115. The molecule has 1 aromatic rings. The maximum absolute atomic E-state index is 5.91. The van der Waals surface area contributed by atoms with Gasteiger partial charge < -0.3 is 24.3 Å². The molecule has 0 aromatic carbocycles. The van der Waals surface area contributed by atoms with Crippen molar-refractivity contribution in [2.24, 2.45) is 5.92 Å². The van der Waals surface area contributed by atoms with E-state index in [9.17, 15) is 0 Å². The van der Waals surface area contributed by atoms with Crippen molar-refractivity contribution >= 4 is 11.9 Å². The standard InChI is InChI=1S/C32H61N7O2.C11H23NO/c1-14-16-18-36(25-20-29(4,5)38(40-12)30(6,7)21-25)27-33-24(3)34-28(35-27)37(19-17-15-2)26-22-31(8,9)39(41-13)32(10,11)23-26;1-9-7-10(2,3)12(13-6)11(4,5)8-9/h25-26H,14-23H2,1-13H3;9H,7-8H2,1-6H3. The third-order valence-electron chi connectivity index (χ3n) is 12.1. The summed E-state index contributed by atoms with van der Waals surface area (Å²) in [6, 6.07) is 0.610. The fraction of sp³-hybridized carbons (Fsp3) is 0.930. The second-order valence-corrected chi connectivity index (χ2v) is 20.5. The van der Waals surface area contributed by atoms with E-state index < -0.39 is 0 Å². The number of aromatic nitrogens is 3. The van der Waals surface area contributed by atoms with Gasteiger partial charge in [-0.1, -0.05) is 33.6 Å². The molecule has 3 aliphatic rings. The molecular formula is C43H84N8O3. The summed E-state index contributed by atoms with van der Waals surface area (Å²) in [5.74, 6) is 3.21. The number of rotatable bonds is 13. The third-order valence-corrected chi connectivity index (χ3v) is 12.1. The van der Waals surface area contributed by atoms with Gasteiger partial charge in [0.1, 0.15) is 5.82 Å². The van der Waals surface area contributed by atoms with Crippen molar-refractivity contribution in [1.29, 1.82) is 0 Å². The Morgan fingerprint density at radius 3 is 1.06 bits per heavy atom. The highest BCUT2D eigenvalue weighted by molar-refractivity contribution is 5.42. The van der Waals surface area contributed by atoms with E-state index in [-0.39, 0.29) is 33.2 Å². The lowest BCUT2D eigenvalue weighted by Gasteiger charge is -2.55. The topological polar surface area (TPSA) is 82.6 Å². The van der Waals surface area contributed by atoms with Gasteiger partial charge in [0.25, 0.3) is 0 Å². The van der Waals surface area contributed by atoms with Crippen molar-refractivity contribution in [3.05, 3.63) is 5.82 Å². The van der Waals surface area contributed by atoms with Crippen molar-refractivity contribution in [3.63, 3.8) is 0 Å². The molecule has 3 saturated heterocycles. The Hall–Kier alpha value is -1.63. The number of piperidine rings is 3. The van der Waals surface area contributed by atoms with E-state index in [0.717, 1.165) is 88.1 Å². The average Bonchev–Trinajstić information content (AvgIpc) is 2.98. The summed E-state index contributed by atoms with van der Waals surface area (Å²) in [6.45, 7) is 38.1. The zero-order valence-corrected chi connectivity index (χ0v) is 38.5. The van der Waals surface area contributed by atoms with Crippen LogP contribution in [0.2, 0.25) is 0 Å². The first kappa shape index (κ1) is 46.8. The minimum absolute atomic E-state index is 0.115. The molecule has 0 amide bonds. The molecule has 0 unspecified atom stereocenters. The second kappa shape index (κ2) is 17.9. The van der Waals surface area contributed by atoms with Crippen molar-refractivity contribution in [1.82, 2.24) is 30.1 Å². The van der Waals surface area contributed by atoms with Crippen molar-refractivity contribution in [2.75, 3.05) is 44.2 Å². The van der Waals surface area contributed by atoms with Crippen molar-refractivity contribution < 1.29 is 14.5 Å². The molecular weight excluding hydrogens is 677 g/mol. The van der Waals surface area contributed by atoms with Crippen LogP contribution in [0.15, 0.2) is 0 Å². The molecule has 0 radical (unpaired) electrons. The molecule has 1 aromatic heterocycles. The molecule has 11 nitrogen and oxygen atoms in total. The highest BCUT2D eigenvalue weighted by Gasteiger charge is 2.50. The Morgan fingerprint density at radius 2 is 0.796 bits per heavy atom. The number of anilines is 2. The van der Waals surface area contributed by atoms with E-state index in [1.165, 1.54) is 12.8 Å². The van der Waals surface area contributed by atoms with Crippen LogP contribution in [0.5, 0.6) is 0 Å². The molecule has 4 heterocycles. The van der Waals surface area contributed by atoms with Gasteiger partial charge in [-0.15, -0.1) is 0 Å². The zero-order chi connectivity index (χ0) is 41.1. The Bertz CT molecular complexity index is 1200. The quantitative estimate of drug-likeness (QED) is 0.193. The fourth-order valence-electron chi connectivity index (χ4n) is 11.4. The van der Waals surface area contributed by atoms with E-state index in [2.05, 4.69) is 129 Å². The van der Waals surface area contributed by atoms with Gasteiger partial charge >= 0.3 is 0 Å². The predicted molar refractivity (Wildman–Crippen MR) is 225 cm³/mol. The normalized spacial score (nSPS) is 24.5. The number of hydrogen-bond donors (Lipinski definition) is 0. The average molecular weight is 761 g/mol. The summed E-state index contributed by atoms with van der Waals surface area (Å²) in [4.78, 5) is 37.6. The van der Waals surface area contributed by atoms with Crippen LogP contribution in [0.4, 0.5) is 11.9 Å². The van der Waals surface area contributed by atoms with Crippen LogP contribution in [0.3, 0.4) is 0 Å². The van der Waals surface area contributed by atoms with Gasteiger partial charge in [-0.3, -0.25) is 0 Å². The molecule has 3 aliphatic heterocycles. The van der Waals surface area contributed by atoms with Crippen LogP contribution in [0, 0.1) is 12.8 Å². The summed E-state index contributed by atoms with van der Waals surface area (Å²) < 4.78 is 0. The SMILES string of the molecule is CCCCN(c1nc(C)nc(N(CCCC)C2CC(C)(C)N(OC)C(C)(C)C2)n1)C1CC(C)(C)N(OC)C(C)(C)C1.CON1C(C)(C)CC(C)CC1(C)C. The predicted octanol–water partition coefficient (Wildman–Crippen LogP) is 9.40. The third kappa shape index (κ3) is 10.9. The molecule has 4 rings (SSSR count). The smallest absolute Gasteiger partial charge is 0.230 e. The summed E-state index contributed by atoms with van der Waals surface area (Å²) >= 11 is 0. The number of aryl methyl sites for hydroxylation is 1. The van der Waals surface area contributed by atoms with Crippen LogP contribution in [-0.2, 0) is 14.5 Å². The Labute approximate surface area is 332 Å². The highest BCUT2D eigenvalue weighted by atomic mass is 16.7. The molecule has 0 bridgehead atoms. The first-order valence-electron chi connectivity index (χ1n) is 21.1. The van der Waals surface area contributed by atoms with E-state index in [0.29, 0.717) is 12.1 Å². The molecule has 0 saturated carbocycles. The number of hydroxylamine groups is 6. The zero-order valence-electron chi connectivity index (χ0n) is 38.5. The first-order chi connectivity index (χ1) is 24.8. The molecule has 54 heavy (non-hydrogen) atoms. The van der Waals surface area contributed by atoms with Crippen LogP contribution >= 0.6 is 0 Å². The number of nitrogens with zero attached hydrogens (tertiary/aromatic N) is 8. The summed E-state index contributed by atoms with van der Waals surface area (Å²) in [5.41, 5.74) is -0.134. The fourth-order valence-corrected chi connectivity index (χ4v) is 11.4. The Balaban J connectivity index is 0.000000507. The highest BCUT2D eigenvalue weighted by Crippen LogP contribution is 2.44. The maximum Gasteiger partial charge on any atom is 0.230 e. The largest absolute Gasteiger partial charge is 0.338 e. The van der Waals surface area contributed by atoms with Crippen LogP contribution in [0.1, 0.15) is 174 Å². The first-order valence-corrected chi connectivity index (χ1v) is 21.1. The van der Waals surface area contributed by atoms with Gasteiger partial charge in [0.05, 0.1) is 21.3 Å². The van der Waals surface area contributed by atoms with E-state index in [1.54, 1.807) is 21.3 Å². The molecule has 0 N–H and O–H groups in total. The van der Waals surface area contributed by atoms with Gasteiger partial charge in [0.2, 0.25) is 11.9 Å². The monoisotopic (exact) mass is 761 g/mol. The molecule has 0 aliphatic carbocycles. The van der Waals surface area contributed by atoms with Crippen molar-refractivity contribution in [3.8, 4) is 0 Å². The van der Waals surface area contributed by atoms with Gasteiger partial charge in [0, 0.05) is 58.4 Å².